The Balaban J connectivity index is 2.21. The number of ether oxygens (including phenoxy) is 1. The molecule has 5 nitrogen and oxygen atoms in total. The zero-order chi connectivity index (χ0) is 17.7. The highest BCUT2D eigenvalue weighted by atomic mass is 32.1. The van der Waals surface area contributed by atoms with E-state index >= 15 is 0 Å². The van der Waals surface area contributed by atoms with Crippen LogP contribution in [0.5, 0.6) is 0 Å². The van der Waals surface area contributed by atoms with E-state index in [0.29, 0.717) is 10.6 Å². The van der Waals surface area contributed by atoms with Crippen molar-refractivity contribution in [2.24, 2.45) is 0 Å². The molecule has 0 aliphatic carbocycles. The maximum atomic E-state index is 12.2. The third kappa shape index (κ3) is 4.08. The highest BCUT2D eigenvalue weighted by Gasteiger charge is 2.22. The second-order valence-corrected chi connectivity index (χ2v) is 6.32. The maximum absolute atomic E-state index is 12.2. The van der Waals surface area contributed by atoms with Crippen LogP contribution in [-0.2, 0) is 16.0 Å². The van der Waals surface area contributed by atoms with E-state index in [2.05, 4.69) is 5.32 Å². The Morgan fingerprint density at radius 2 is 1.79 bits per heavy atom. The lowest BCUT2D eigenvalue weighted by atomic mass is 10.1. The van der Waals surface area contributed by atoms with Gasteiger partial charge in [0.2, 0.25) is 0 Å². The minimum atomic E-state index is -0.770. The van der Waals surface area contributed by atoms with Gasteiger partial charge in [-0.25, -0.2) is 4.79 Å². The number of amides is 1. The van der Waals surface area contributed by atoms with Gasteiger partial charge in [-0.1, -0.05) is 36.8 Å². The number of esters is 1. The van der Waals surface area contributed by atoms with Gasteiger partial charge in [0.05, 0.1) is 12.2 Å². The van der Waals surface area contributed by atoms with Gasteiger partial charge in [-0.05, 0) is 26.3 Å². The summed E-state index contributed by atoms with van der Waals surface area (Å²) in [5.74, 6) is -1.92. The van der Waals surface area contributed by atoms with Gasteiger partial charge in [0, 0.05) is 10.4 Å². The molecule has 2 rings (SSSR count). The molecule has 0 bridgehead atoms. The minimum absolute atomic E-state index is 0.242. The van der Waals surface area contributed by atoms with E-state index in [1.54, 1.807) is 37.3 Å². The Hall–Kier alpha value is -2.47. The molecule has 0 aliphatic rings. The first-order valence-corrected chi connectivity index (χ1v) is 8.50. The first-order valence-electron chi connectivity index (χ1n) is 7.68. The second kappa shape index (κ2) is 7.88. The Bertz CT molecular complexity index is 762. The van der Waals surface area contributed by atoms with Crippen LogP contribution in [0.1, 0.15) is 45.0 Å². The number of hydrogen-bond acceptors (Lipinski definition) is 5. The molecule has 2 aromatic rings. The Morgan fingerprint density at radius 3 is 2.38 bits per heavy atom. The average Bonchev–Trinajstić information content (AvgIpc) is 2.98. The largest absolute Gasteiger partial charge is 0.462 e. The first-order chi connectivity index (χ1) is 11.5. The van der Waals surface area contributed by atoms with Crippen LogP contribution in [0.15, 0.2) is 30.3 Å². The predicted molar refractivity (Wildman–Crippen MR) is 93.8 cm³/mol. The van der Waals surface area contributed by atoms with Crippen LogP contribution in [-0.4, -0.2) is 24.3 Å². The zero-order valence-electron chi connectivity index (χ0n) is 13.8. The number of benzene rings is 1. The molecule has 0 saturated carbocycles. The number of hydrogen-bond donors (Lipinski definition) is 1. The number of anilines is 1. The van der Waals surface area contributed by atoms with Gasteiger partial charge < -0.3 is 10.1 Å². The molecule has 1 amide bonds. The molecule has 0 radical (unpaired) electrons. The number of aryl methyl sites for hydroxylation is 2. The van der Waals surface area contributed by atoms with Gasteiger partial charge in [0.15, 0.2) is 0 Å². The van der Waals surface area contributed by atoms with Gasteiger partial charge >= 0.3 is 5.97 Å². The molecular formula is C18H19NO4S. The van der Waals surface area contributed by atoms with E-state index in [4.69, 9.17) is 4.74 Å². The molecule has 6 heteroatoms. The molecular weight excluding hydrogens is 326 g/mol. The van der Waals surface area contributed by atoms with Crippen molar-refractivity contribution in [1.82, 2.24) is 0 Å². The number of thiophene rings is 1. The fraction of sp³-hybridized carbons (Fsp3) is 0.278. The Labute approximate surface area is 144 Å². The molecule has 1 N–H and O–H groups in total. The van der Waals surface area contributed by atoms with E-state index in [-0.39, 0.29) is 12.2 Å². The van der Waals surface area contributed by atoms with Crippen molar-refractivity contribution in [1.29, 1.82) is 0 Å². The van der Waals surface area contributed by atoms with E-state index in [9.17, 15) is 14.4 Å². The van der Waals surface area contributed by atoms with Gasteiger partial charge in [-0.15, -0.1) is 11.3 Å². The Kier molecular flexibility index (Phi) is 5.87. The normalized spacial score (nSPS) is 10.3. The number of nitrogens with one attached hydrogen (secondary N) is 1. The molecule has 0 atom stereocenters. The summed E-state index contributed by atoms with van der Waals surface area (Å²) in [4.78, 5) is 37.4. The highest BCUT2D eigenvalue weighted by Crippen LogP contribution is 2.29. The van der Waals surface area contributed by atoms with Crippen molar-refractivity contribution in [2.75, 3.05) is 11.9 Å². The third-order valence-electron chi connectivity index (χ3n) is 3.37. The summed E-state index contributed by atoms with van der Waals surface area (Å²) in [7, 11) is 0. The fourth-order valence-corrected chi connectivity index (χ4v) is 3.04. The minimum Gasteiger partial charge on any atom is -0.462 e. The summed E-state index contributed by atoms with van der Waals surface area (Å²) in [5, 5.41) is 2.89. The van der Waals surface area contributed by atoms with Crippen molar-refractivity contribution in [2.45, 2.75) is 27.2 Å². The van der Waals surface area contributed by atoms with Crippen molar-refractivity contribution in [3.8, 4) is 0 Å². The highest BCUT2D eigenvalue weighted by molar-refractivity contribution is 7.16. The summed E-state index contributed by atoms with van der Waals surface area (Å²) in [6, 6.07) is 8.44. The summed E-state index contributed by atoms with van der Waals surface area (Å²) < 4.78 is 5.00. The topological polar surface area (TPSA) is 72.5 Å². The monoisotopic (exact) mass is 345 g/mol. The van der Waals surface area contributed by atoms with Crippen molar-refractivity contribution < 1.29 is 19.1 Å². The number of ketones is 1. The van der Waals surface area contributed by atoms with E-state index in [1.807, 2.05) is 13.8 Å². The predicted octanol–water partition coefficient (Wildman–Crippen LogP) is 3.62. The lowest BCUT2D eigenvalue weighted by molar-refractivity contribution is -0.112. The van der Waals surface area contributed by atoms with Crippen LogP contribution < -0.4 is 5.32 Å². The average molecular weight is 345 g/mol. The SMILES string of the molecule is CCOC(=O)c1cc(CC)sc1NC(=O)C(=O)c1ccc(C)cc1. The summed E-state index contributed by atoms with van der Waals surface area (Å²) >= 11 is 1.27. The quantitative estimate of drug-likeness (QED) is 0.493. The maximum Gasteiger partial charge on any atom is 0.341 e. The van der Waals surface area contributed by atoms with Crippen molar-refractivity contribution in [3.05, 3.63) is 51.9 Å². The van der Waals surface area contributed by atoms with E-state index in [0.717, 1.165) is 16.9 Å². The molecule has 0 fully saturated rings. The summed E-state index contributed by atoms with van der Waals surface area (Å²) in [6.45, 7) is 5.80. The fourth-order valence-electron chi connectivity index (χ4n) is 2.07. The number of rotatable bonds is 6. The van der Waals surface area contributed by atoms with Gasteiger partial charge in [-0.2, -0.15) is 0 Å². The molecule has 0 aliphatic heterocycles. The Morgan fingerprint density at radius 1 is 1.12 bits per heavy atom. The lowest BCUT2D eigenvalue weighted by Crippen LogP contribution is -2.23. The summed E-state index contributed by atoms with van der Waals surface area (Å²) in [5.41, 5.74) is 1.59. The third-order valence-corrected chi connectivity index (χ3v) is 4.57. The standard InChI is InChI=1S/C18H19NO4S/c1-4-13-10-14(18(22)23-5-2)17(24-13)19-16(21)15(20)12-8-6-11(3)7-9-12/h6-10H,4-5H2,1-3H3,(H,19,21). The number of Topliss-reactive ketones (excluding diaryl/α,β-unsaturated/α-hetero) is 1. The molecule has 0 saturated heterocycles. The van der Waals surface area contributed by atoms with Crippen LogP contribution in [0.3, 0.4) is 0 Å². The van der Waals surface area contributed by atoms with Gasteiger partial charge in [0.1, 0.15) is 5.00 Å². The zero-order valence-corrected chi connectivity index (χ0v) is 14.7. The van der Waals surface area contributed by atoms with Crippen LogP contribution >= 0.6 is 11.3 Å². The van der Waals surface area contributed by atoms with E-state index < -0.39 is 17.7 Å². The molecule has 1 aromatic heterocycles. The molecule has 1 heterocycles. The number of carbonyl (C=O) groups excluding carboxylic acids is 3. The van der Waals surface area contributed by atoms with Crippen molar-refractivity contribution >= 4 is 34.0 Å². The van der Waals surface area contributed by atoms with Crippen molar-refractivity contribution in [3.63, 3.8) is 0 Å². The summed E-state index contributed by atoms with van der Waals surface area (Å²) in [6.07, 6.45) is 0.721. The molecule has 126 valence electrons. The van der Waals surface area contributed by atoms with E-state index in [1.165, 1.54) is 11.3 Å². The molecule has 1 aromatic carbocycles. The number of carbonyl (C=O) groups is 3. The smallest absolute Gasteiger partial charge is 0.341 e. The molecule has 0 spiro atoms. The van der Waals surface area contributed by atoms with Crippen LogP contribution in [0, 0.1) is 6.92 Å². The van der Waals surface area contributed by atoms with Gasteiger partial charge in [0.25, 0.3) is 11.7 Å². The molecule has 0 unspecified atom stereocenters. The van der Waals surface area contributed by atoms with Gasteiger partial charge in [-0.3, -0.25) is 9.59 Å². The van der Waals surface area contributed by atoms with Crippen LogP contribution in [0.25, 0.3) is 0 Å². The van der Waals surface area contributed by atoms with Crippen LogP contribution in [0.2, 0.25) is 0 Å². The lowest BCUT2D eigenvalue weighted by Gasteiger charge is -2.06. The molecule has 24 heavy (non-hydrogen) atoms. The first kappa shape index (κ1) is 17.9. The second-order valence-electron chi connectivity index (χ2n) is 5.18. The van der Waals surface area contributed by atoms with Crippen LogP contribution in [0.4, 0.5) is 5.00 Å².